The van der Waals surface area contributed by atoms with E-state index in [4.69, 9.17) is 4.74 Å². The van der Waals surface area contributed by atoms with E-state index in [1.807, 2.05) is 54.8 Å². The van der Waals surface area contributed by atoms with Crippen molar-refractivity contribution in [3.8, 4) is 11.5 Å². The molecule has 1 fully saturated rings. The summed E-state index contributed by atoms with van der Waals surface area (Å²) in [6, 6.07) is 13.1. The number of phenols is 1. The van der Waals surface area contributed by atoms with Crippen molar-refractivity contribution in [3.63, 3.8) is 0 Å². The summed E-state index contributed by atoms with van der Waals surface area (Å²) in [4.78, 5) is 37.8. The average molecular weight is 541 g/mol. The van der Waals surface area contributed by atoms with E-state index in [1.54, 1.807) is 19.1 Å². The fourth-order valence-electron chi connectivity index (χ4n) is 5.01. The monoisotopic (exact) mass is 540 g/mol. The summed E-state index contributed by atoms with van der Waals surface area (Å²) >= 11 is 1.28. The number of carbonyl (C=O) groups is 2. The third-order valence-electron chi connectivity index (χ3n) is 7.01. The van der Waals surface area contributed by atoms with Gasteiger partial charge in [0.2, 0.25) is 0 Å². The van der Waals surface area contributed by atoms with E-state index in [2.05, 4.69) is 9.97 Å². The predicted octanol–water partition coefficient (Wildman–Crippen LogP) is 5.21. The lowest BCUT2D eigenvalue weighted by Gasteiger charge is -2.23. The Bertz CT molecular complexity index is 1870. The van der Waals surface area contributed by atoms with Crippen molar-refractivity contribution in [2.75, 3.05) is 12.0 Å². The SMILES string of the molecule is COc1cc(C2C(=C(O)c3nc4c(C)cccn4c3C)C(=O)C(=O)N2c2nc3ccc(C)cc3s2)ccc1O. The van der Waals surface area contributed by atoms with Crippen LogP contribution in [-0.2, 0) is 9.59 Å². The van der Waals surface area contributed by atoms with Crippen LogP contribution in [0.25, 0.3) is 21.6 Å². The fourth-order valence-corrected chi connectivity index (χ4v) is 6.10. The summed E-state index contributed by atoms with van der Waals surface area (Å²) in [5.41, 5.74) is 4.42. The zero-order valence-electron chi connectivity index (χ0n) is 21.6. The number of carbonyl (C=O) groups excluding carboxylic acids is 2. The number of methoxy groups -OCH3 is 1. The first-order valence-electron chi connectivity index (χ1n) is 12.2. The van der Waals surface area contributed by atoms with Crippen molar-refractivity contribution in [2.45, 2.75) is 26.8 Å². The van der Waals surface area contributed by atoms with Crippen LogP contribution in [0.1, 0.15) is 34.1 Å². The Hall–Kier alpha value is -4.70. The van der Waals surface area contributed by atoms with E-state index in [0.717, 1.165) is 15.8 Å². The molecule has 1 aliphatic rings. The number of fused-ring (bicyclic) bond motifs is 2. The van der Waals surface area contributed by atoms with Crippen LogP contribution in [0.15, 0.2) is 60.3 Å². The molecule has 39 heavy (non-hydrogen) atoms. The van der Waals surface area contributed by atoms with Gasteiger partial charge in [-0.3, -0.25) is 14.5 Å². The Kier molecular flexibility index (Phi) is 5.65. The minimum atomic E-state index is -1.04. The second kappa shape index (κ2) is 8.95. The third kappa shape index (κ3) is 3.75. The molecule has 2 aromatic carbocycles. The number of amides is 1. The van der Waals surface area contributed by atoms with E-state index in [0.29, 0.717) is 27.6 Å². The lowest BCUT2D eigenvalue weighted by molar-refractivity contribution is -0.132. The molecular weight excluding hydrogens is 516 g/mol. The third-order valence-corrected chi connectivity index (χ3v) is 8.03. The normalized spacial score (nSPS) is 17.0. The number of aliphatic hydroxyl groups excluding tert-OH is 1. The molecule has 0 saturated carbocycles. The number of nitrogens with zero attached hydrogens (tertiary/aromatic N) is 4. The summed E-state index contributed by atoms with van der Waals surface area (Å²) < 4.78 is 8.00. The Labute approximate surface area is 227 Å². The number of rotatable bonds is 4. The van der Waals surface area contributed by atoms with E-state index in [-0.39, 0.29) is 28.5 Å². The number of benzene rings is 2. The van der Waals surface area contributed by atoms with Gasteiger partial charge in [0.15, 0.2) is 22.4 Å². The van der Waals surface area contributed by atoms with E-state index < -0.39 is 17.7 Å². The quantitative estimate of drug-likeness (QED) is 0.183. The molecule has 1 aliphatic heterocycles. The lowest BCUT2D eigenvalue weighted by Crippen LogP contribution is -2.29. The van der Waals surface area contributed by atoms with E-state index in [9.17, 15) is 19.8 Å². The van der Waals surface area contributed by atoms with Crippen LogP contribution in [0.5, 0.6) is 11.5 Å². The number of aliphatic hydroxyl groups is 1. The zero-order valence-corrected chi connectivity index (χ0v) is 22.4. The maximum Gasteiger partial charge on any atom is 0.301 e. The first-order valence-corrected chi connectivity index (χ1v) is 13.0. The Morgan fingerprint density at radius 3 is 2.59 bits per heavy atom. The number of aryl methyl sites for hydroxylation is 3. The summed E-state index contributed by atoms with van der Waals surface area (Å²) in [5.74, 6) is -1.99. The van der Waals surface area contributed by atoms with Crippen molar-refractivity contribution < 1.29 is 24.5 Å². The largest absolute Gasteiger partial charge is 0.505 e. The number of phenolic OH excluding ortho intramolecular Hbond substituents is 1. The van der Waals surface area contributed by atoms with E-state index >= 15 is 0 Å². The molecule has 0 spiro atoms. The Balaban J connectivity index is 1.61. The van der Waals surface area contributed by atoms with Gasteiger partial charge in [-0.1, -0.05) is 29.5 Å². The van der Waals surface area contributed by atoms with Gasteiger partial charge in [-0.15, -0.1) is 0 Å². The number of anilines is 1. The van der Waals surface area contributed by atoms with Gasteiger partial charge in [0.1, 0.15) is 11.3 Å². The molecule has 5 aromatic rings. The summed E-state index contributed by atoms with van der Waals surface area (Å²) in [5, 5.41) is 22.2. The molecule has 2 N–H and O–H groups in total. The summed E-state index contributed by atoms with van der Waals surface area (Å²) in [6.07, 6.45) is 1.82. The number of imidazole rings is 1. The number of hydrogen-bond acceptors (Lipinski definition) is 8. The smallest absolute Gasteiger partial charge is 0.301 e. The second-order valence-corrected chi connectivity index (χ2v) is 10.5. The van der Waals surface area contributed by atoms with Gasteiger partial charge in [-0.25, -0.2) is 9.97 Å². The minimum Gasteiger partial charge on any atom is -0.505 e. The number of ketones is 1. The second-order valence-electron chi connectivity index (χ2n) is 9.50. The fraction of sp³-hybridized carbons (Fsp3) is 0.172. The average Bonchev–Trinajstić information content (AvgIpc) is 3.56. The van der Waals surface area contributed by atoms with Gasteiger partial charge in [-0.05, 0) is 67.8 Å². The summed E-state index contributed by atoms with van der Waals surface area (Å²) in [6.45, 7) is 5.66. The Morgan fingerprint density at radius 2 is 1.85 bits per heavy atom. The first-order chi connectivity index (χ1) is 18.7. The molecule has 6 rings (SSSR count). The van der Waals surface area contributed by atoms with Crippen LogP contribution in [-0.4, -0.2) is 43.4 Å². The number of Topliss-reactive ketones (excluding diaryl/α,β-unsaturated/α-hetero) is 1. The van der Waals surface area contributed by atoms with Crippen LogP contribution in [0.4, 0.5) is 5.13 Å². The van der Waals surface area contributed by atoms with Crippen LogP contribution < -0.4 is 9.64 Å². The zero-order chi connectivity index (χ0) is 27.6. The van der Waals surface area contributed by atoms with Gasteiger partial charge in [-0.2, -0.15) is 0 Å². The molecule has 4 heterocycles. The van der Waals surface area contributed by atoms with Crippen molar-refractivity contribution in [1.82, 2.24) is 14.4 Å². The van der Waals surface area contributed by atoms with Gasteiger partial charge in [0.25, 0.3) is 5.78 Å². The molecular formula is C29H24N4O5S. The van der Waals surface area contributed by atoms with Gasteiger partial charge >= 0.3 is 5.91 Å². The molecule has 0 aliphatic carbocycles. The van der Waals surface area contributed by atoms with Crippen molar-refractivity contribution in [3.05, 3.63) is 88.4 Å². The molecule has 1 saturated heterocycles. The molecule has 1 atom stereocenters. The maximum atomic E-state index is 13.6. The van der Waals surface area contributed by atoms with E-state index in [1.165, 1.54) is 29.4 Å². The highest BCUT2D eigenvalue weighted by atomic mass is 32.1. The van der Waals surface area contributed by atoms with Gasteiger partial charge < -0.3 is 19.4 Å². The van der Waals surface area contributed by atoms with Crippen molar-refractivity contribution in [2.24, 2.45) is 0 Å². The molecule has 1 amide bonds. The molecule has 3 aromatic heterocycles. The van der Waals surface area contributed by atoms with Crippen LogP contribution in [0.3, 0.4) is 0 Å². The predicted molar refractivity (Wildman–Crippen MR) is 148 cm³/mol. The molecule has 196 valence electrons. The van der Waals surface area contributed by atoms with Crippen LogP contribution >= 0.6 is 11.3 Å². The molecule has 9 nitrogen and oxygen atoms in total. The number of hydrogen-bond donors (Lipinski definition) is 2. The van der Waals surface area contributed by atoms with Gasteiger partial charge in [0.05, 0.1) is 34.6 Å². The molecule has 1 unspecified atom stereocenters. The molecule has 10 heteroatoms. The Morgan fingerprint density at radius 1 is 1.05 bits per heavy atom. The highest BCUT2D eigenvalue weighted by Gasteiger charge is 2.49. The number of ether oxygens (including phenoxy) is 1. The number of aromatic nitrogens is 3. The van der Waals surface area contributed by atoms with Crippen molar-refractivity contribution in [1.29, 1.82) is 0 Å². The topological polar surface area (TPSA) is 117 Å². The van der Waals surface area contributed by atoms with Crippen molar-refractivity contribution >= 4 is 49.8 Å². The first kappa shape index (κ1) is 24.6. The summed E-state index contributed by atoms with van der Waals surface area (Å²) in [7, 11) is 1.41. The van der Waals surface area contributed by atoms with Gasteiger partial charge in [0, 0.05) is 6.20 Å². The number of aromatic hydroxyl groups is 1. The standard InChI is InChI=1S/C29H24N4O5S/c1-14-7-9-18-21(12-14)39-29(30-18)33-24(17-8-10-19(34)20(13-17)38-4)22(26(36)28(33)37)25(35)23-16(3)32-11-5-6-15(2)27(32)31-23/h5-13,24,34-35H,1-4H3. The highest BCUT2D eigenvalue weighted by Crippen LogP contribution is 2.46. The maximum absolute atomic E-state index is 13.6. The minimum absolute atomic E-state index is 0.0969. The molecule has 0 bridgehead atoms. The lowest BCUT2D eigenvalue weighted by atomic mass is 9.96. The number of pyridine rings is 1. The number of thiazole rings is 1. The van der Waals surface area contributed by atoms with Crippen LogP contribution in [0, 0.1) is 20.8 Å². The van der Waals surface area contributed by atoms with Crippen LogP contribution in [0.2, 0.25) is 0 Å². The highest BCUT2D eigenvalue weighted by molar-refractivity contribution is 7.22. The molecule has 0 radical (unpaired) electrons.